The van der Waals surface area contributed by atoms with Crippen molar-refractivity contribution < 1.29 is 28.2 Å². The monoisotopic (exact) mass is 445 g/mol. The van der Waals surface area contributed by atoms with Crippen molar-refractivity contribution in [1.29, 1.82) is 0 Å². The zero-order valence-corrected chi connectivity index (χ0v) is 16.9. The zero-order chi connectivity index (χ0) is 22.0. The molecule has 160 valence electrons. The van der Waals surface area contributed by atoms with E-state index in [4.69, 9.17) is 20.8 Å². The number of rotatable bonds is 5. The molecule has 1 aromatic heterocycles. The van der Waals surface area contributed by atoms with Gasteiger partial charge in [-0.05, 0) is 36.4 Å². The lowest BCUT2D eigenvalue weighted by Gasteiger charge is -2.26. The van der Waals surface area contributed by atoms with E-state index in [2.05, 4.69) is 10.3 Å². The number of anilines is 2. The third kappa shape index (κ3) is 4.37. The van der Waals surface area contributed by atoms with Gasteiger partial charge in [-0.1, -0.05) is 17.7 Å². The number of aromatic carboxylic acids is 1. The highest BCUT2D eigenvalue weighted by molar-refractivity contribution is 6.33. The van der Waals surface area contributed by atoms with Gasteiger partial charge in [0.15, 0.2) is 0 Å². The van der Waals surface area contributed by atoms with Gasteiger partial charge in [0.1, 0.15) is 5.82 Å². The summed E-state index contributed by atoms with van der Waals surface area (Å²) in [5, 5.41) is 12.3. The molecule has 1 fully saturated rings. The molecule has 1 saturated heterocycles. The predicted molar refractivity (Wildman–Crippen MR) is 110 cm³/mol. The lowest BCUT2D eigenvalue weighted by molar-refractivity contribution is 0.0303. The van der Waals surface area contributed by atoms with Crippen molar-refractivity contribution in [2.45, 2.75) is 0 Å². The van der Waals surface area contributed by atoms with E-state index in [0.29, 0.717) is 37.6 Å². The predicted octanol–water partition coefficient (Wildman–Crippen LogP) is 4.05. The average molecular weight is 446 g/mol. The highest BCUT2D eigenvalue weighted by atomic mass is 35.5. The molecule has 3 aromatic rings. The first-order valence-electron chi connectivity index (χ1n) is 9.36. The van der Waals surface area contributed by atoms with Crippen LogP contribution in [0.1, 0.15) is 20.8 Å². The standard InChI is InChI=1S/C21H17ClFN3O5/c22-14-2-1-3-15(23)16(14)18-25-17(21(28)29)19(31-18)24-13-6-4-12(5-7-13)20(27)26-8-10-30-11-9-26/h1-7,24H,8-11H2,(H,28,29). The molecule has 31 heavy (non-hydrogen) atoms. The van der Waals surface area contributed by atoms with Crippen molar-refractivity contribution in [3.8, 4) is 11.5 Å². The summed E-state index contributed by atoms with van der Waals surface area (Å²) < 4.78 is 24.9. The molecule has 0 spiro atoms. The SMILES string of the molecule is O=C(O)c1nc(-c2c(F)cccc2Cl)oc1Nc1ccc(C(=O)N2CCOCC2)cc1. The van der Waals surface area contributed by atoms with Gasteiger partial charge < -0.3 is 24.5 Å². The number of carbonyl (C=O) groups is 2. The summed E-state index contributed by atoms with van der Waals surface area (Å²) in [4.78, 5) is 29.7. The van der Waals surface area contributed by atoms with Crippen LogP contribution in [0.4, 0.5) is 16.0 Å². The van der Waals surface area contributed by atoms with Gasteiger partial charge in [-0.3, -0.25) is 4.79 Å². The van der Waals surface area contributed by atoms with Gasteiger partial charge >= 0.3 is 5.97 Å². The minimum Gasteiger partial charge on any atom is -0.476 e. The number of amides is 1. The highest BCUT2D eigenvalue weighted by Gasteiger charge is 2.24. The molecule has 0 unspecified atom stereocenters. The summed E-state index contributed by atoms with van der Waals surface area (Å²) >= 11 is 6.02. The van der Waals surface area contributed by atoms with E-state index in [1.807, 2.05) is 0 Å². The fraction of sp³-hybridized carbons (Fsp3) is 0.190. The Kier molecular flexibility index (Phi) is 5.88. The fourth-order valence-corrected chi connectivity index (χ4v) is 3.38. The molecule has 1 aliphatic heterocycles. The first kappa shape index (κ1) is 20.8. The number of morpholine rings is 1. The van der Waals surface area contributed by atoms with E-state index in [1.54, 1.807) is 29.2 Å². The zero-order valence-electron chi connectivity index (χ0n) is 16.1. The first-order valence-corrected chi connectivity index (χ1v) is 9.74. The third-order valence-electron chi connectivity index (χ3n) is 4.69. The van der Waals surface area contributed by atoms with Crippen molar-refractivity contribution in [2.24, 2.45) is 0 Å². The number of halogens is 2. The molecule has 2 heterocycles. The number of ether oxygens (including phenoxy) is 1. The Morgan fingerprint density at radius 2 is 1.84 bits per heavy atom. The van der Waals surface area contributed by atoms with E-state index in [1.165, 1.54) is 18.2 Å². The van der Waals surface area contributed by atoms with Crippen LogP contribution in [0.5, 0.6) is 0 Å². The van der Waals surface area contributed by atoms with Crippen LogP contribution in [0, 0.1) is 5.82 Å². The van der Waals surface area contributed by atoms with E-state index >= 15 is 0 Å². The lowest BCUT2D eigenvalue weighted by atomic mass is 10.1. The molecule has 0 bridgehead atoms. The highest BCUT2D eigenvalue weighted by Crippen LogP contribution is 2.34. The van der Waals surface area contributed by atoms with Crippen LogP contribution in [0.3, 0.4) is 0 Å². The second kappa shape index (κ2) is 8.75. The molecule has 1 amide bonds. The molecule has 4 rings (SSSR count). The number of hydrogen-bond acceptors (Lipinski definition) is 6. The Morgan fingerprint density at radius 3 is 2.48 bits per heavy atom. The number of nitrogens with one attached hydrogen (secondary N) is 1. The normalized spacial score (nSPS) is 13.8. The molecule has 0 atom stereocenters. The molecule has 8 nitrogen and oxygen atoms in total. The Balaban J connectivity index is 1.58. The Labute approximate surface area is 181 Å². The summed E-state index contributed by atoms with van der Waals surface area (Å²) in [5.41, 5.74) is 0.389. The Hall–Kier alpha value is -3.43. The number of carbonyl (C=O) groups excluding carboxylic acids is 1. The summed E-state index contributed by atoms with van der Waals surface area (Å²) in [5.74, 6) is -2.61. The minimum atomic E-state index is -1.36. The molecule has 0 aliphatic carbocycles. The van der Waals surface area contributed by atoms with Crippen molar-refractivity contribution >= 4 is 35.0 Å². The Morgan fingerprint density at radius 1 is 1.13 bits per heavy atom. The van der Waals surface area contributed by atoms with Crippen LogP contribution < -0.4 is 5.32 Å². The Bertz CT molecular complexity index is 1110. The largest absolute Gasteiger partial charge is 0.476 e. The van der Waals surface area contributed by atoms with Crippen LogP contribution in [-0.4, -0.2) is 53.2 Å². The summed E-state index contributed by atoms with van der Waals surface area (Å²) in [6, 6.07) is 10.5. The van der Waals surface area contributed by atoms with E-state index in [0.717, 1.165) is 0 Å². The molecular weight excluding hydrogens is 429 g/mol. The smallest absolute Gasteiger partial charge is 0.360 e. The van der Waals surface area contributed by atoms with Crippen molar-refractivity contribution in [3.05, 3.63) is 64.6 Å². The van der Waals surface area contributed by atoms with Gasteiger partial charge in [0.25, 0.3) is 5.91 Å². The molecule has 0 radical (unpaired) electrons. The molecular formula is C21H17ClFN3O5. The number of aromatic nitrogens is 1. The maximum absolute atomic E-state index is 14.2. The van der Waals surface area contributed by atoms with Gasteiger partial charge in [0.05, 0.1) is 23.8 Å². The van der Waals surface area contributed by atoms with Crippen molar-refractivity contribution in [1.82, 2.24) is 9.88 Å². The number of hydrogen-bond donors (Lipinski definition) is 2. The van der Waals surface area contributed by atoms with Crippen LogP contribution in [0.25, 0.3) is 11.5 Å². The maximum atomic E-state index is 14.2. The number of nitrogens with zero attached hydrogens (tertiary/aromatic N) is 2. The number of oxazole rings is 1. The van der Waals surface area contributed by atoms with Crippen LogP contribution in [-0.2, 0) is 4.74 Å². The van der Waals surface area contributed by atoms with Gasteiger partial charge in [-0.2, -0.15) is 4.98 Å². The van der Waals surface area contributed by atoms with E-state index in [-0.39, 0.29) is 28.3 Å². The van der Waals surface area contributed by atoms with Crippen molar-refractivity contribution in [3.63, 3.8) is 0 Å². The van der Waals surface area contributed by atoms with Gasteiger partial charge in [-0.15, -0.1) is 0 Å². The topological polar surface area (TPSA) is 105 Å². The number of carboxylic acids is 1. The van der Waals surface area contributed by atoms with Crippen LogP contribution in [0.15, 0.2) is 46.9 Å². The first-order chi connectivity index (χ1) is 14.9. The van der Waals surface area contributed by atoms with Crippen molar-refractivity contribution in [2.75, 3.05) is 31.6 Å². The summed E-state index contributed by atoms with van der Waals surface area (Å²) in [6.45, 7) is 2.06. The third-order valence-corrected chi connectivity index (χ3v) is 5.01. The minimum absolute atomic E-state index is 0.0377. The number of benzene rings is 2. The lowest BCUT2D eigenvalue weighted by Crippen LogP contribution is -2.40. The van der Waals surface area contributed by atoms with Gasteiger partial charge in [-0.25, -0.2) is 9.18 Å². The second-order valence-electron chi connectivity index (χ2n) is 6.71. The maximum Gasteiger partial charge on any atom is 0.360 e. The quantitative estimate of drug-likeness (QED) is 0.610. The average Bonchev–Trinajstić information content (AvgIpc) is 3.18. The second-order valence-corrected chi connectivity index (χ2v) is 7.11. The molecule has 2 aromatic carbocycles. The summed E-state index contributed by atoms with van der Waals surface area (Å²) in [7, 11) is 0. The van der Waals surface area contributed by atoms with E-state index in [9.17, 15) is 19.1 Å². The molecule has 1 aliphatic rings. The van der Waals surface area contributed by atoms with Crippen LogP contribution in [0.2, 0.25) is 5.02 Å². The fourth-order valence-electron chi connectivity index (χ4n) is 3.14. The molecule has 0 saturated carbocycles. The van der Waals surface area contributed by atoms with Gasteiger partial charge in [0, 0.05) is 24.3 Å². The van der Waals surface area contributed by atoms with E-state index < -0.39 is 17.5 Å². The molecule has 2 N–H and O–H groups in total. The molecule has 10 heteroatoms. The van der Waals surface area contributed by atoms with Crippen LogP contribution >= 0.6 is 11.6 Å². The number of carboxylic acid groups (broad SMARTS) is 1. The summed E-state index contributed by atoms with van der Waals surface area (Å²) in [6.07, 6.45) is 0. The van der Waals surface area contributed by atoms with Gasteiger partial charge in [0.2, 0.25) is 17.5 Å².